The standard InChI is InChI=1S/C24H32N6O/c1-17-15-29(12-9-22(17)30-23-6-4-3-5-21(23)27-24(30)31)20-7-10-28(11-8-20)18(2)19-13-25-16-26-14-19/h3-6,13-14,16-18,20,22H,7-12,15H2,1-2H3,(H,27,31)/t17-,18-,22-/m1/s1. The molecule has 0 aliphatic carbocycles. The molecule has 5 rings (SSSR count). The van der Waals surface area contributed by atoms with Crippen molar-refractivity contribution in [1.82, 2.24) is 29.3 Å². The van der Waals surface area contributed by atoms with Crippen LogP contribution >= 0.6 is 0 Å². The van der Waals surface area contributed by atoms with Gasteiger partial charge in [-0.25, -0.2) is 14.8 Å². The molecule has 2 fully saturated rings. The van der Waals surface area contributed by atoms with Crippen molar-refractivity contribution in [3.05, 3.63) is 59.0 Å². The number of aromatic amines is 1. The highest BCUT2D eigenvalue weighted by Gasteiger charge is 2.34. The molecule has 0 saturated carbocycles. The second-order valence-corrected chi connectivity index (χ2v) is 9.26. The summed E-state index contributed by atoms with van der Waals surface area (Å²) in [6.07, 6.45) is 8.88. The number of benzene rings is 1. The zero-order valence-corrected chi connectivity index (χ0v) is 18.4. The first kappa shape index (κ1) is 20.4. The lowest BCUT2D eigenvalue weighted by atomic mass is 9.90. The van der Waals surface area contributed by atoms with E-state index >= 15 is 0 Å². The number of aromatic nitrogens is 4. The topological polar surface area (TPSA) is 70.1 Å². The van der Waals surface area contributed by atoms with Crippen molar-refractivity contribution in [2.45, 2.75) is 51.2 Å². The fourth-order valence-electron chi connectivity index (χ4n) is 5.66. The Morgan fingerprint density at radius 3 is 2.55 bits per heavy atom. The van der Waals surface area contributed by atoms with Crippen LogP contribution in [0.25, 0.3) is 11.0 Å². The van der Waals surface area contributed by atoms with E-state index in [1.807, 2.05) is 35.2 Å². The Morgan fingerprint density at radius 1 is 1.06 bits per heavy atom. The van der Waals surface area contributed by atoms with Crippen LogP contribution in [0, 0.1) is 5.92 Å². The summed E-state index contributed by atoms with van der Waals surface area (Å²) >= 11 is 0. The number of nitrogens with zero attached hydrogens (tertiary/aromatic N) is 5. The number of hydrogen-bond donors (Lipinski definition) is 1. The van der Waals surface area contributed by atoms with E-state index in [4.69, 9.17) is 0 Å². The number of piperidine rings is 2. The lowest BCUT2D eigenvalue weighted by Gasteiger charge is -2.45. The van der Waals surface area contributed by atoms with E-state index in [0.29, 0.717) is 18.0 Å². The van der Waals surface area contributed by atoms with Gasteiger partial charge in [0.15, 0.2) is 0 Å². The van der Waals surface area contributed by atoms with Gasteiger partial charge in [0.2, 0.25) is 0 Å². The molecule has 31 heavy (non-hydrogen) atoms. The number of imidazole rings is 1. The minimum atomic E-state index is 0.0266. The fourth-order valence-corrected chi connectivity index (χ4v) is 5.66. The lowest BCUT2D eigenvalue weighted by molar-refractivity contribution is 0.0451. The van der Waals surface area contributed by atoms with E-state index in [0.717, 1.165) is 43.6 Å². The van der Waals surface area contributed by atoms with Crippen LogP contribution in [-0.2, 0) is 0 Å². The summed E-state index contributed by atoms with van der Waals surface area (Å²) in [4.78, 5) is 29.3. The first-order chi connectivity index (χ1) is 15.1. The van der Waals surface area contributed by atoms with Crippen molar-refractivity contribution in [3.8, 4) is 0 Å². The first-order valence-corrected chi connectivity index (χ1v) is 11.5. The summed E-state index contributed by atoms with van der Waals surface area (Å²) in [7, 11) is 0. The van der Waals surface area contributed by atoms with Gasteiger partial charge in [0, 0.05) is 62.3 Å². The number of H-pyrrole nitrogens is 1. The van der Waals surface area contributed by atoms with Gasteiger partial charge in [-0.15, -0.1) is 0 Å². The Kier molecular flexibility index (Phi) is 5.63. The minimum absolute atomic E-state index is 0.0266. The number of rotatable bonds is 4. The second kappa shape index (κ2) is 8.55. The van der Waals surface area contributed by atoms with Crippen LogP contribution < -0.4 is 5.69 Å². The van der Waals surface area contributed by atoms with Crippen LogP contribution in [0.5, 0.6) is 0 Å². The Balaban J connectivity index is 1.22. The molecule has 2 saturated heterocycles. The molecular weight excluding hydrogens is 388 g/mol. The van der Waals surface area contributed by atoms with Gasteiger partial charge >= 0.3 is 5.69 Å². The molecule has 4 heterocycles. The highest BCUT2D eigenvalue weighted by atomic mass is 16.1. The number of likely N-dealkylation sites (tertiary alicyclic amines) is 2. The van der Waals surface area contributed by atoms with Gasteiger partial charge in [-0.2, -0.15) is 0 Å². The molecule has 0 unspecified atom stereocenters. The predicted molar refractivity (Wildman–Crippen MR) is 122 cm³/mol. The molecule has 2 aliphatic heterocycles. The summed E-state index contributed by atoms with van der Waals surface area (Å²) in [6, 6.07) is 9.30. The van der Waals surface area contributed by atoms with Gasteiger partial charge in [0.1, 0.15) is 6.33 Å². The van der Waals surface area contributed by atoms with Crippen LogP contribution in [-0.4, -0.2) is 61.5 Å². The van der Waals surface area contributed by atoms with Crippen LogP contribution in [0.4, 0.5) is 0 Å². The highest BCUT2D eigenvalue weighted by Crippen LogP contribution is 2.33. The van der Waals surface area contributed by atoms with E-state index in [1.165, 1.54) is 18.4 Å². The van der Waals surface area contributed by atoms with Gasteiger partial charge in [-0.05, 0) is 44.2 Å². The highest BCUT2D eigenvalue weighted by molar-refractivity contribution is 5.75. The van der Waals surface area contributed by atoms with Crippen molar-refractivity contribution in [2.75, 3.05) is 26.2 Å². The van der Waals surface area contributed by atoms with Crippen LogP contribution in [0.3, 0.4) is 0 Å². The van der Waals surface area contributed by atoms with Crippen LogP contribution in [0.2, 0.25) is 0 Å². The number of para-hydroxylation sites is 2. The normalized spacial score (nSPS) is 25.1. The summed E-state index contributed by atoms with van der Waals surface area (Å²) in [6.45, 7) is 8.90. The molecule has 164 valence electrons. The van der Waals surface area contributed by atoms with E-state index in [-0.39, 0.29) is 11.7 Å². The number of hydrogen-bond acceptors (Lipinski definition) is 5. The minimum Gasteiger partial charge on any atom is -0.306 e. The third-order valence-electron chi connectivity index (χ3n) is 7.47. The summed E-state index contributed by atoms with van der Waals surface area (Å²) in [5.41, 5.74) is 3.19. The maximum atomic E-state index is 12.7. The van der Waals surface area contributed by atoms with Crippen LogP contribution in [0.15, 0.2) is 47.8 Å². The molecule has 2 aromatic heterocycles. The smallest absolute Gasteiger partial charge is 0.306 e. The summed E-state index contributed by atoms with van der Waals surface area (Å²) < 4.78 is 2.00. The number of fused-ring (bicyclic) bond motifs is 1. The molecule has 1 aromatic carbocycles. The van der Waals surface area contributed by atoms with E-state index in [9.17, 15) is 4.79 Å². The SMILES string of the molecule is C[C@@H]1CN(C2CCN([C@H](C)c3cncnc3)CC2)CC[C@H]1n1c(=O)[nH]c2ccccc21. The molecule has 0 bridgehead atoms. The Labute approximate surface area is 183 Å². The second-order valence-electron chi connectivity index (χ2n) is 9.26. The Hall–Kier alpha value is -2.51. The van der Waals surface area contributed by atoms with Crippen molar-refractivity contribution < 1.29 is 0 Å². The Bertz CT molecular complexity index is 1070. The Morgan fingerprint density at radius 2 is 1.81 bits per heavy atom. The van der Waals surface area contributed by atoms with Gasteiger partial charge in [0.25, 0.3) is 0 Å². The molecule has 7 nitrogen and oxygen atoms in total. The van der Waals surface area contributed by atoms with Gasteiger partial charge in [-0.3, -0.25) is 14.4 Å². The van der Waals surface area contributed by atoms with E-state index in [2.05, 4.69) is 44.7 Å². The maximum absolute atomic E-state index is 12.7. The zero-order valence-electron chi connectivity index (χ0n) is 18.4. The molecule has 2 aliphatic rings. The molecule has 0 spiro atoms. The quantitative estimate of drug-likeness (QED) is 0.702. The van der Waals surface area contributed by atoms with Crippen LogP contribution in [0.1, 0.15) is 50.8 Å². The number of nitrogens with one attached hydrogen (secondary N) is 1. The van der Waals surface area contributed by atoms with Gasteiger partial charge < -0.3 is 4.98 Å². The lowest BCUT2D eigenvalue weighted by Crippen LogP contribution is -2.50. The van der Waals surface area contributed by atoms with Crippen molar-refractivity contribution in [1.29, 1.82) is 0 Å². The molecule has 0 radical (unpaired) electrons. The molecule has 3 atom stereocenters. The molecule has 1 N–H and O–H groups in total. The maximum Gasteiger partial charge on any atom is 0.326 e. The summed E-state index contributed by atoms with van der Waals surface area (Å²) in [5, 5.41) is 0. The van der Waals surface area contributed by atoms with E-state index in [1.54, 1.807) is 6.33 Å². The summed E-state index contributed by atoms with van der Waals surface area (Å²) in [5.74, 6) is 0.448. The zero-order chi connectivity index (χ0) is 21.4. The third kappa shape index (κ3) is 3.92. The fraction of sp³-hybridized carbons (Fsp3) is 0.542. The largest absolute Gasteiger partial charge is 0.326 e. The molecule has 7 heteroatoms. The van der Waals surface area contributed by atoms with Crippen molar-refractivity contribution in [3.63, 3.8) is 0 Å². The van der Waals surface area contributed by atoms with Gasteiger partial charge in [-0.1, -0.05) is 19.1 Å². The first-order valence-electron chi connectivity index (χ1n) is 11.5. The van der Waals surface area contributed by atoms with Crippen molar-refractivity contribution in [2.24, 2.45) is 5.92 Å². The third-order valence-corrected chi connectivity index (χ3v) is 7.47. The average molecular weight is 421 g/mol. The monoisotopic (exact) mass is 420 g/mol. The van der Waals surface area contributed by atoms with Gasteiger partial charge in [0.05, 0.1) is 11.0 Å². The van der Waals surface area contributed by atoms with E-state index < -0.39 is 0 Å². The molecule has 0 amide bonds. The predicted octanol–water partition coefficient (Wildman–Crippen LogP) is 3.23. The average Bonchev–Trinajstić information content (AvgIpc) is 3.15. The van der Waals surface area contributed by atoms with Crippen molar-refractivity contribution >= 4 is 11.0 Å². The molecular formula is C24H32N6O. The molecule has 3 aromatic rings.